The highest BCUT2D eigenvalue weighted by Gasteiger charge is 2.29. The van der Waals surface area contributed by atoms with Gasteiger partial charge in [-0.05, 0) is 61.4 Å². The van der Waals surface area contributed by atoms with E-state index in [1.54, 1.807) is 0 Å². The number of carbonyl (C=O) groups is 2. The number of halogens is 2. The highest BCUT2D eigenvalue weighted by atomic mass is 19.1. The summed E-state index contributed by atoms with van der Waals surface area (Å²) in [4.78, 5) is 31.4. The summed E-state index contributed by atoms with van der Waals surface area (Å²) in [6.45, 7) is 6.62. The Balaban J connectivity index is 1.51. The van der Waals surface area contributed by atoms with Gasteiger partial charge in [0.2, 0.25) is 0 Å². The molecule has 2 saturated heterocycles. The maximum atomic E-state index is 13.5. The second-order valence-electron chi connectivity index (χ2n) is 9.54. The molecular formula is C28H34F2N2O4. The van der Waals surface area contributed by atoms with Crippen LogP contribution < -0.4 is 0 Å². The molecule has 0 amide bonds. The van der Waals surface area contributed by atoms with Crippen molar-refractivity contribution in [1.82, 2.24) is 9.80 Å². The van der Waals surface area contributed by atoms with Crippen LogP contribution in [-0.2, 0) is 9.47 Å². The summed E-state index contributed by atoms with van der Waals surface area (Å²) < 4.78 is 37.8. The zero-order valence-electron chi connectivity index (χ0n) is 20.5. The molecule has 2 aliphatic heterocycles. The molecule has 2 atom stereocenters. The second kappa shape index (κ2) is 13.1. The summed E-state index contributed by atoms with van der Waals surface area (Å²) in [5, 5.41) is 0. The molecule has 0 saturated carbocycles. The summed E-state index contributed by atoms with van der Waals surface area (Å²) in [7, 11) is 0. The molecule has 0 spiro atoms. The lowest BCUT2D eigenvalue weighted by molar-refractivity contribution is 0.0254. The Morgan fingerprint density at radius 1 is 0.639 bits per heavy atom. The molecule has 4 rings (SSSR count). The molecule has 0 bridgehead atoms. The van der Waals surface area contributed by atoms with Crippen molar-refractivity contribution < 1.29 is 27.8 Å². The predicted molar refractivity (Wildman–Crippen MR) is 132 cm³/mol. The van der Waals surface area contributed by atoms with E-state index in [0.29, 0.717) is 63.5 Å². The molecule has 2 aromatic rings. The first-order chi connectivity index (χ1) is 17.5. The van der Waals surface area contributed by atoms with Crippen LogP contribution in [0.1, 0.15) is 33.6 Å². The van der Waals surface area contributed by atoms with E-state index >= 15 is 0 Å². The molecule has 2 heterocycles. The first kappa shape index (κ1) is 26.5. The Hall–Kier alpha value is -2.52. The van der Waals surface area contributed by atoms with Crippen LogP contribution in [-0.4, -0.2) is 87.1 Å². The number of Topliss-reactive ketones (excluding diaryl/α,β-unsaturated/α-hetero) is 2. The fraction of sp³-hybridized carbons (Fsp3) is 0.500. The number of carbonyl (C=O) groups excluding carboxylic acids is 2. The lowest BCUT2D eigenvalue weighted by atomic mass is 9.86. The Morgan fingerprint density at radius 2 is 0.972 bits per heavy atom. The highest BCUT2D eigenvalue weighted by Crippen LogP contribution is 2.24. The first-order valence-corrected chi connectivity index (χ1v) is 12.7. The van der Waals surface area contributed by atoms with Crippen LogP contribution in [0, 0.1) is 23.5 Å². The van der Waals surface area contributed by atoms with Crippen molar-refractivity contribution in [2.24, 2.45) is 11.8 Å². The van der Waals surface area contributed by atoms with Crippen molar-refractivity contribution in [3.05, 3.63) is 71.3 Å². The number of hydrogen-bond acceptors (Lipinski definition) is 6. The summed E-state index contributed by atoms with van der Waals surface area (Å²) in [5.74, 6) is -1.51. The number of hydrogen-bond donors (Lipinski definition) is 0. The molecule has 2 fully saturated rings. The van der Waals surface area contributed by atoms with E-state index in [0.717, 1.165) is 26.2 Å². The smallest absolute Gasteiger partial charge is 0.167 e. The first-order valence-electron chi connectivity index (χ1n) is 12.7. The van der Waals surface area contributed by atoms with Gasteiger partial charge in [-0.2, -0.15) is 0 Å². The minimum absolute atomic E-state index is 0.0409. The van der Waals surface area contributed by atoms with Gasteiger partial charge in [0.05, 0.1) is 26.4 Å². The van der Waals surface area contributed by atoms with Crippen molar-refractivity contribution in [1.29, 1.82) is 0 Å². The van der Waals surface area contributed by atoms with Crippen molar-refractivity contribution in [2.45, 2.75) is 12.8 Å². The molecule has 36 heavy (non-hydrogen) atoms. The van der Waals surface area contributed by atoms with Crippen molar-refractivity contribution in [3.8, 4) is 0 Å². The van der Waals surface area contributed by atoms with Gasteiger partial charge in [0.25, 0.3) is 0 Å². The maximum Gasteiger partial charge on any atom is 0.167 e. The molecule has 0 aromatic heterocycles. The van der Waals surface area contributed by atoms with E-state index in [9.17, 15) is 18.4 Å². The number of ether oxygens (including phenoxy) is 2. The predicted octanol–water partition coefficient (Wildman–Crippen LogP) is 3.71. The van der Waals surface area contributed by atoms with E-state index < -0.39 is 0 Å². The third-order valence-corrected chi connectivity index (χ3v) is 7.03. The van der Waals surface area contributed by atoms with Gasteiger partial charge in [0, 0.05) is 62.2 Å². The van der Waals surface area contributed by atoms with E-state index in [2.05, 4.69) is 9.80 Å². The topological polar surface area (TPSA) is 59.1 Å². The average Bonchev–Trinajstić information content (AvgIpc) is 2.91. The van der Waals surface area contributed by atoms with Gasteiger partial charge in [-0.3, -0.25) is 19.4 Å². The molecule has 0 N–H and O–H groups in total. The third-order valence-electron chi connectivity index (χ3n) is 7.03. The number of ketones is 2. The van der Waals surface area contributed by atoms with Crippen LogP contribution in [0.4, 0.5) is 8.78 Å². The quantitative estimate of drug-likeness (QED) is 0.439. The molecular weight excluding hydrogens is 466 g/mol. The molecule has 2 aromatic carbocycles. The number of rotatable bonds is 11. The molecule has 0 aliphatic carbocycles. The van der Waals surface area contributed by atoms with Gasteiger partial charge in [-0.1, -0.05) is 0 Å². The molecule has 6 nitrogen and oxygen atoms in total. The summed E-state index contributed by atoms with van der Waals surface area (Å²) >= 11 is 0. The largest absolute Gasteiger partial charge is 0.379 e. The molecule has 0 unspecified atom stereocenters. The van der Waals surface area contributed by atoms with E-state index in [1.807, 2.05) is 0 Å². The van der Waals surface area contributed by atoms with Crippen molar-refractivity contribution >= 4 is 11.6 Å². The van der Waals surface area contributed by atoms with E-state index in [-0.39, 0.29) is 35.0 Å². The van der Waals surface area contributed by atoms with Gasteiger partial charge < -0.3 is 9.47 Å². The second-order valence-corrected chi connectivity index (χ2v) is 9.54. The standard InChI is InChI=1S/C28H34F2N2O4/c29-25-7-3-21(4-8-25)27(33)23(19-31-11-15-35-16-12-31)1-2-24(20-32-13-17-36-18-14-32)28(34)22-5-9-26(30)10-6-22/h3-10,23-24H,1-2,11-20H2/t23-,24-/m0/s1. The zero-order chi connectivity index (χ0) is 25.3. The monoisotopic (exact) mass is 500 g/mol. The SMILES string of the molecule is O=C(c1ccc(F)cc1)[C@@H](CC[C@@H](CN1CCOCC1)C(=O)c1ccc(F)cc1)CN1CCOCC1. The number of benzene rings is 2. The molecule has 8 heteroatoms. The lowest BCUT2D eigenvalue weighted by Gasteiger charge is -2.32. The molecule has 2 aliphatic rings. The normalized spacial score (nSPS) is 19.1. The van der Waals surface area contributed by atoms with Crippen molar-refractivity contribution in [2.75, 3.05) is 65.7 Å². The maximum absolute atomic E-state index is 13.5. The number of morpholine rings is 2. The fourth-order valence-electron chi connectivity index (χ4n) is 4.90. The summed E-state index contributed by atoms with van der Waals surface area (Å²) in [5.41, 5.74) is 0.952. The van der Waals surface area contributed by atoms with Crippen LogP contribution >= 0.6 is 0 Å². The molecule has 0 radical (unpaired) electrons. The van der Waals surface area contributed by atoms with Gasteiger partial charge in [-0.25, -0.2) is 8.78 Å². The Morgan fingerprint density at radius 3 is 1.31 bits per heavy atom. The van der Waals surface area contributed by atoms with Gasteiger partial charge in [0.1, 0.15) is 11.6 Å². The van der Waals surface area contributed by atoms with Crippen LogP contribution in [0.2, 0.25) is 0 Å². The van der Waals surface area contributed by atoms with Gasteiger partial charge >= 0.3 is 0 Å². The summed E-state index contributed by atoms with van der Waals surface area (Å²) in [6.07, 6.45) is 1.05. The lowest BCUT2D eigenvalue weighted by Crippen LogP contribution is -2.42. The van der Waals surface area contributed by atoms with Crippen LogP contribution in [0.5, 0.6) is 0 Å². The van der Waals surface area contributed by atoms with Crippen LogP contribution in [0.15, 0.2) is 48.5 Å². The van der Waals surface area contributed by atoms with Crippen molar-refractivity contribution in [3.63, 3.8) is 0 Å². The minimum atomic E-state index is -0.383. The Kier molecular flexibility index (Phi) is 9.69. The van der Waals surface area contributed by atoms with Gasteiger partial charge in [0.15, 0.2) is 11.6 Å². The fourth-order valence-corrected chi connectivity index (χ4v) is 4.90. The number of nitrogens with zero attached hydrogens (tertiary/aromatic N) is 2. The van der Waals surface area contributed by atoms with Gasteiger partial charge in [-0.15, -0.1) is 0 Å². The summed E-state index contributed by atoms with van der Waals surface area (Å²) in [6, 6.07) is 11.3. The van der Waals surface area contributed by atoms with Crippen LogP contribution in [0.3, 0.4) is 0 Å². The Bertz CT molecular complexity index is 906. The minimum Gasteiger partial charge on any atom is -0.379 e. The average molecular weight is 501 g/mol. The third kappa shape index (κ3) is 7.49. The Labute approximate surface area is 211 Å². The molecule has 194 valence electrons. The zero-order valence-corrected chi connectivity index (χ0v) is 20.5. The highest BCUT2D eigenvalue weighted by molar-refractivity contribution is 5.99. The van der Waals surface area contributed by atoms with Crippen LogP contribution in [0.25, 0.3) is 0 Å². The van der Waals surface area contributed by atoms with E-state index in [1.165, 1.54) is 48.5 Å². The van der Waals surface area contributed by atoms with E-state index in [4.69, 9.17) is 9.47 Å².